The van der Waals surface area contributed by atoms with E-state index in [9.17, 15) is 4.79 Å². The average molecular weight is 493 g/mol. The third-order valence-electron chi connectivity index (χ3n) is 5.01. The lowest BCUT2D eigenvalue weighted by Gasteiger charge is -2.15. The Morgan fingerprint density at radius 1 is 1.25 bits per heavy atom. The van der Waals surface area contributed by atoms with Gasteiger partial charge < -0.3 is 14.8 Å². The normalized spacial score (nSPS) is 15.7. The lowest BCUT2D eigenvalue weighted by Crippen LogP contribution is -2.18. The second-order valence-electron chi connectivity index (χ2n) is 7.24. The molecule has 7 nitrogen and oxygen atoms in total. The third-order valence-corrected chi connectivity index (χ3v) is 6.53. The van der Waals surface area contributed by atoms with Gasteiger partial charge in [0.1, 0.15) is 5.75 Å². The van der Waals surface area contributed by atoms with Gasteiger partial charge in [-0.25, -0.2) is 0 Å². The molecule has 0 bridgehead atoms. The molecule has 10 heteroatoms. The Morgan fingerprint density at radius 2 is 2.06 bits per heavy atom. The summed E-state index contributed by atoms with van der Waals surface area (Å²) in [6, 6.07) is 12.6. The molecule has 3 aromatic rings. The van der Waals surface area contributed by atoms with Gasteiger partial charge in [0.05, 0.1) is 36.2 Å². The van der Waals surface area contributed by atoms with E-state index in [-0.39, 0.29) is 17.8 Å². The van der Waals surface area contributed by atoms with Crippen LogP contribution in [-0.2, 0) is 16.1 Å². The van der Waals surface area contributed by atoms with Crippen molar-refractivity contribution in [1.29, 1.82) is 0 Å². The average Bonchev–Trinajstić information content (AvgIpc) is 3.45. The first-order chi connectivity index (χ1) is 15.5. The number of nitrogens with one attached hydrogen (secondary N) is 1. The number of aromatic nitrogens is 3. The zero-order chi connectivity index (χ0) is 22.5. The molecular formula is C22H22Cl2N4O3S. The van der Waals surface area contributed by atoms with Crippen molar-refractivity contribution in [3.63, 3.8) is 0 Å². The highest BCUT2D eigenvalue weighted by molar-refractivity contribution is 7.99. The Morgan fingerprint density at radius 3 is 2.75 bits per heavy atom. The van der Waals surface area contributed by atoms with E-state index in [1.807, 2.05) is 28.8 Å². The Kier molecular flexibility index (Phi) is 7.57. The van der Waals surface area contributed by atoms with Crippen molar-refractivity contribution in [1.82, 2.24) is 14.8 Å². The number of hydrogen-bond donors (Lipinski definition) is 1. The molecule has 168 valence electrons. The first-order valence-electron chi connectivity index (χ1n) is 10.1. The standard InChI is InChI=1S/C22H22Cl2N4O3S/c1-30-16-7-4-14(5-8-16)21-26-27-22(28(21)12-17-3-2-10-31-17)32-13-20(29)25-19-9-6-15(23)11-18(19)24/h4-9,11,17H,2-3,10,12-13H2,1H3,(H,25,29). The van der Waals surface area contributed by atoms with E-state index < -0.39 is 0 Å². The number of hydrogen-bond acceptors (Lipinski definition) is 6. The van der Waals surface area contributed by atoms with E-state index in [0.717, 1.165) is 36.6 Å². The summed E-state index contributed by atoms with van der Waals surface area (Å²) in [7, 11) is 1.63. The molecule has 32 heavy (non-hydrogen) atoms. The molecule has 0 saturated carbocycles. The van der Waals surface area contributed by atoms with Crippen molar-refractivity contribution in [3.8, 4) is 17.1 Å². The van der Waals surface area contributed by atoms with Crippen LogP contribution in [0.5, 0.6) is 5.75 Å². The van der Waals surface area contributed by atoms with E-state index in [1.54, 1.807) is 25.3 Å². The zero-order valence-corrected chi connectivity index (χ0v) is 19.7. The highest BCUT2D eigenvalue weighted by Gasteiger charge is 2.22. The number of thioether (sulfide) groups is 1. The number of carbonyl (C=O) groups is 1. The van der Waals surface area contributed by atoms with Crippen LogP contribution in [0, 0.1) is 0 Å². The molecule has 0 aliphatic carbocycles. The molecule has 1 N–H and O–H groups in total. The number of rotatable bonds is 8. The van der Waals surface area contributed by atoms with Gasteiger partial charge in [-0.05, 0) is 55.3 Å². The van der Waals surface area contributed by atoms with Gasteiger partial charge in [0.15, 0.2) is 11.0 Å². The number of carbonyl (C=O) groups excluding carboxylic acids is 1. The van der Waals surface area contributed by atoms with Gasteiger partial charge in [-0.2, -0.15) is 0 Å². The summed E-state index contributed by atoms with van der Waals surface area (Å²) >= 11 is 13.4. The third kappa shape index (κ3) is 5.56. The fraction of sp³-hybridized carbons (Fsp3) is 0.318. The number of benzene rings is 2. The maximum Gasteiger partial charge on any atom is 0.234 e. The second kappa shape index (κ2) is 10.6. The minimum atomic E-state index is -0.197. The van der Waals surface area contributed by atoms with Gasteiger partial charge in [-0.15, -0.1) is 10.2 Å². The van der Waals surface area contributed by atoms with Crippen LogP contribution in [0.15, 0.2) is 47.6 Å². The van der Waals surface area contributed by atoms with Gasteiger partial charge in [-0.3, -0.25) is 9.36 Å². The maximum atomic E-state index is 12.5. The number of methoxy groups -OCH3 is 1. The molecule has 1 fully saturated rings. The number of amides is 1. The van der Waals surface area contributed by atoms with Gasteiger partial charge >= 0.3 is 0 Å². The maximum absolute atomic E-state index is 12.5. The van der Waals surface area contributed by atoms with Crippen LogP contribution in [0.25, 0.3) is 11.4 Å². The smallest absolute Gasteiger partial charge is 0.234 e. The molecule has 0 radical (unpaired) electrons. The van der Waals surface area contributed by atoms with Crippen LogP contribution in [0.1, 0.15) is 12.8 Å². The van der Waals surface area contributed by atoms with E-state index in [2.05, 4.69) is 15.5 Å². The van der Waals surface area contributed by atoms with Crippen molar-refractivity contribution in [2.45, 2.75) is 30.6 Å². The van der Waals surface area contributed by atoms with Gasteiger partial charge in [0.25, 0.3) is 0 Å². The molecule has 1 amide bonds. The Balaban J connectivity index is 1.50. The van der Waals surface area contributed by atoms with Crippen LogP contribution < -0.4 is 10.1 Å². The largest absolute Gasteiger partial charge is 0.497 e. The molecular weight excluding hydrogens is 471 g/mol. The molecule has 4 rings (SSSR count). The topological polar surface area (TPSA) is 78.3 Å². The number of halogens is 2. The summed E-state index contributed by atoms with van der Waals surface area (Å²) in [5.41, 5.74) is 1.43. The molecule has 2 aromatic carbocycles. The number of anilines is 1. The summed E-state index contributed by atoms with van der Waals surface area (Å²) in [5, 5.41) is 13.1. The van der Waals surface area contributed by atoms with Crippen LogP contribution in [0.4, 0.5) is 5.69 Å². The predicted molar refractivity (Wildman–Crippen MR) is 127 cm³/mol. The van der Waals surface area contributed by atoms with Crippen LogP contribution in [-0.4, -0.2) is 46.2 Å². The fourth-order valence-corrected chi connectivity index (χ4v) is 4.62. The molecule has 1 aliphatic rings. The minimum absolute atomic E-state index is 0.101. The quantitative estimate of drug-likeness (QED) is 0.437. The summed E-state index contributed by atoms with van der Waals surface area (Å²) < 4.78 is 13.1. The number of nitrogens with zero attached hydrogens (tertiary/aromatic N) is 3. The van der Waals surface area contributed by atoms with Crippen LogP contribution >= 0.6 is 35.0 Å². The highest BCUT2D eigenvalue weighted by Crippen LogP contribution is 2.29. The highest BCUT2D eigenvalue weighted by atomic mass is 35.5. The van der Waals surface area contributed by atoms with Crippen LogP contribution in [0.3, 0.4) is 0 Å². The summed E-state index contributed by atoms with van der Waals surface area (Å²) in [4.78, 5) is 12.5. The SMILES string of the molecule is COc1ccc(-c2nnc(SCC(=O)Nc3ccc(Cl)cc3Cl)n2CC2CCCO2)cc1. The minimum Gasteiger partial charge on any atom is -0.497 e. The van der Waals surface area contributed by atoms with Crippen molar-refractivity contribution in [3.05, 3.63) is 52.5 Å². The first kappa shape index (κ1) is 22.9. The summed E-state index contributed by atoms with van der Waals surface area (Å²) in [5.74, 6) is 1.46. The van der Waals surface area contributed by atoms with Gasteiger partial charge in [0, 0.05) is 17.2 Å². The van der Waals surface area contributed by atoms with E-state index in [1.165, 1.54) is 11.8 Å². The summed E-state index contributed by atoms with van der Waals surface area (Å²) in [6.07, 6.45) is 2.13. The second-order valence-corrected chi connectivity index (χ2v) is 9.03. The molecule has 1 atom stereocenters. The molecule has 1 aliphatic heterocycles. The number of ether oxygens (including phenoxy) is 2. The van der Waals surface area contributed by atoms with Crippen molar-refractivity contribution >= 4 is 46.6 Å². The van der Waals surface area contributed by atoms with Gasteiger partial charge in [-0.1, -0.05) is 35.0 Å². The molecule has 1 aromatic heterocycles. The van der Waals surface area contributed by atoms with Gasteiger partial charge in [0.2, 0.25) is 5.91 Å². The molecule has 1 saturated heterocycles. The van der Waals surface area contributed by atoms with Crippen LogP contribution in [0.2, 0.25) is 10.0 Å². The van der Waals surface area contributed by atoms with E-state index >= 15 is 0 Å². The van der Waals surface area contributed by atoms with Crippen molar-refractivity contribution in [2.24, 2.45) is 0 Å². The summed E-state index contributed by atoms with van der Waals surface area (Å²) in [6.45, 7) is 1.39. The Hall–Kier alpha value is -2.26. The van der Waals surface area contributed by atoms with E-state index in [0.29, 0.717) is 27.4 Å². The lowest BCUT2D eigenvalue weighted by molar-refractivity contribution is -0.113. The van der Waals surface area contributed by atoms with Crippen molar-refractivity contribution in [2.75, 3.05) is 24.8 Å². The Labute approximate surface area is 200 Å². The fourth-order valence-electron chi connectivity index (χ4n) is 3.41. The first-order valence-corrected chi connectivity index (χ1v) is 11.8. The van der Waals surface area contributed by atoms with Crippen molar-refractivity contribution < 1.29 is 14.3 Å². The Bertz CT molecular complexity index is 1090. The zero-order valence-electron chi connectivity index (χ0n) is 17.4. The monoisotopic (exact) mass is 492 g/mol. The molecule has 1 unspecified atom stereocenters. The predicted octanol–water partition coefficient (Wildman–Crippen LogP) is 5.17. The van der Waals surface area contributed by atoms with E-state index in [4.69, 9.17) is 32.7 Å². The lowest BCUT2D eigenvalue weighted by atomic mass is 10.2. The molecule has 2 heterocycles. The molecule has 0 spiro atoms.